The summed E-state index contributed by atoms with van der Waals surface area (Å²) in [5, 5.41) is 12.5. The van der Waals surface area contributed by atoms with E-state index in [0.29, 0.717) is 17.2 Å². The minimum Gasteiger partial charge on any atom is -0.481 e. The van der Waals surface area contributed by atoms with E-state index in [2.05, 4.69) is 12.2 Å². The van der Waals surface area contributed by atoms with Crippen molar-refractivity contribution in [2.45, 2.75) is 33.1 Å². The molecule has 2 amide bonds. The maximum absolute atomic E-state index is 12.9. The molecule has 2 aliphatic carbocycles. The predicted octanol–water partition coefficient (Wildman–Crippen LogP) is 3.33. The van der Waals surface area contributed by atoms with E-state index in [1.54, 1.807) is 12.1 Å². The number of likely N-dealkylation sites (tertiary alicyclic amines) is 1. The number of aliphatic carboxylic acids is 1. The van der Waals surface area contributed by atoms with Gasteiger partial charge in [0.15, 0.2) is 0 Å². The molecule has 2 fully saturated rings. The summed E-state index contributed by atoms with van der Waals surface area (Å²) >= 11 is 0. The van der Waals surface area contributed by atoms with Gasteiger partial charge in [-0.15, -0.1) is 0 Å². The highest BCUT2D eigenvalue weighted by Gasteiger charge is 2.51. The van der Waals surface area contributed by atoms with Crippen molar-refractivity contribution < 1.29 is 19.5 Å². The predicted molar refractivity (Wildman–Crippen MR) is 109 cm³/mol. The van der Waals surface area contributed by atoms with Gasteiger partial charge in [0, 0.05) is 24.3 Å². The van der Waals surface area contributed by atoms with Gasteiger partial charge >= 0.3 is 5.97 Å². The molecular weight excluding hydrogens is 368 g/mol. The van der Waals surface area contributed by atoms with Crippen molar-refractivity contribution in [3.05, 3.63) is 41.5 Å². The van der Waals surface area contributed by atoms with Gasteiger partial charge in [0.25, 0.3) is 5.91 Å². The van der Waals surface area contributed by atoms with Crippen LogP contribution in [0.1, 0.15) is 42.1 Å². The quantitative estimate of drug-likeness (QED) is 0.765. The molecule has 1 aromatic rings. The first-order valence-electron chi connectivity index (χ1n) is 10.5. The molecule has 1 aromatic carbocycles. The van der Waals surface area contributed by atoms with Gasteiger partial charge in [-0.1, -0.05) is 19.1 Å². The third-order valence-corrected chi connectivity index (χ3v) is 6.72. The molecule has 29 heavy (non-hydrogen) atoms. The number of fused-ring (bicyclic) bond motifs is 2. The van der Waals surface area contributed by atoms with E-state index in [-0.39, 0.29) is 23.7 Å². The molecule has 6 nitrogen and oxygen atoms in total. The van der Waals surface area contributed by atoms with Crippen LogP contribution < -0.4 is 5.32 Å². The van der Waals surface area contributed by atoms with Crippen LogP contribution in [0.3, 0.4) is 0 Å². The van der Waals surface area contributed by atoms with Crippen LogP contribution in [0.15, 0.2) is 30.4 Å². The third-order valence-electron chi connectivity index (χ3n) is 6.72. The number of benzene rings is 1. The molecule has 3 aliphatic rings. The van der Waals surface area contributed by atoms with Gasteiger partial charge in [-0.2, -0.15) is 0 Å². The van der Waals surface area contributed by atoms with Gasteiger partial charge in [-0.05, 0) is 67.7 Å². The maximum Gasteiger partial charge on any atom is 0.307 e. The molecule has 154 valence electrons. The Bertz CT molecular complexity index is 878. The molecule has 0 spiro atoms. The fraction of sp³-hybridized carbons (Fsp3) is 0.522. The van der Waals surface area contributed by atoms with E-state index in [1.165, 1.54) is 0 Å². The number of rotatable bonds is 4. The van der Waals surface area contributed by atoms with Gasteiger partial charge in [-0.3, -0.25) is 14.4 Å². The second kappa shape index (κ2) is 7.65. The molecule has 1 aliphatic heterocycles. The molecule has 2 N–H and O–H groups in total. The van der Waals surface area contributed by atoms with E-state index < -0.39 is 17.8 Å². The number of carbonyl (C=O) groups is 3. The largest absolute Gasteiger partial charge is 0.481 e. The van der Waals surface area contributed by atoms with Crippen molar-refractivity contribution in [3.8, 4) is 0 Å². The van der Waals surface area contributed by atoms with Crippen molar-refractivity contribution >= 4 is 23.5 Å². The number of hydrogen-bond donors (Lipinski definition) is 2. The van der Waals surface area contributed by atoms with E-state index in [1.807, 2.05) is 30.0 Å². The van der Waals surface area contributed by atoms with Crippen LogP contribution in [0, 0.1) is 36.5 Å². The lowest BCUT2D eigenvalue weighted by Gasteiger charge is -2.31. The van der Waals surface area contributed by atoms with Gasteiger partial charge in [0.05, 0.1) is 11.8 Å². The van der Waals surface area contributed by atoms with Crippen molar-refractivity contribution in [1.29, 1.82) is 0 Å². The van der Waals surface area contributed by atoms with Gasteiger partial charge in [0.1, 0.15) is 0 Å². The molecule has 1 saturated heterocycles. The summed E-state index contributed by atoms with van der Waals surface area (Å²) in [5.41, 5.74) is 2.06. The molecule has 1 heterocycles. The van der Waals surface area contributed by atoms with Crippen molar-refractivity contribution in [1.82, 2.24) is 4.90 Å². The molecule has 1 saturated carbocycles. The first-order valence-corrected chi connectivity index (χ1v) is 10.5. The Morgan fingerprint density at radius 3 is 2.52 bits per heavy atom. The smallest absolute Gasteiger partial charge is 0.307 e. The second-order valence-electron chi connectivity index (χ2n) is 8.86. The van der Waals surface area contributed by atoms with E-state index >= 15 is 0 Å². The normalized spacial score (nSPS) is 30.4. The monoisotopic (exact) mass is 396 g/mol. The van der Waals surface area contributed by atoms with Crippen LogP contribution in [0.25, 0.3) is 0 Å². The number of carboxylic acids is 1. The number of allylic oxidation sites excluding steroid dienone is 2. The Morgan fingerprint density at radius 1 is 1.14 bits per heavy atom. The van der Waals surface area contributed by atoms with E-state index in [0.717, 1.165) is 37.9 Å². The van der Waals surface area contributed by atoms with Crippen LogP contribution >= 0.6 is 0 Å². The number of carbonyl (C=O) groups excluding carboxylic acids is 2. The number of hydrogen-bond acceptors (Lipinski definition) is 3. The Hall–Kier alpha value is -2.63. The number of carboxylic acid groups (broad SMARTS) is 1. The van der Waals surface area contributed by atoms with Crippen LogP contribution in [-0.2, 0) is 9.59 Å². The minimum atomic E-state index is -0.907. The van der Waals surface area contributed by atoms with Gasteiger partial charge in [-0.25, -0.2) is 0 Å². The lowest BCUT2D eigenvalue weighted by molar-refractivity contribution is -0.146. The SMILES string of the molecule is Cc1cc(C(=O)N2CCCC(C)C2)ccc1NC(=O)C1C2C=CC(C2)C1C(=O)O. The van der Waals surface area contributed by atoms with Gasteiger partial charge < -0.3 is 15.3 Å². The fourth-order valence-corrected chi connectivity index (χ4v) is 5.23. The molecule has 5 unspecified atom stereocenters. The third kappa shape index (κ3) is 3.68. The van der Waals surface area contributed by atoms with Crippen LogP contribution in [0.4, 0.5) is 5.69 Å². The second-order valence-corrected chi connectivity index (χ2v) is 8.86. The number of piperidine rings is 1. The highest BCUT2D eigenvalue weighted by Crippen LogP contribution is 2.48. The highest BCUT2D eigenvalue weighted by molar-refractivity contribution is 5.98. The number of anilines is 1. The van der Waals surface area contributed by atoms with Crippen molar-refractivity contribution in [3.63, 3.8) is 0 Å². The van der Waals surface area contributed by atoms with Crippen LogP contribution in [-0.4, -0.2) is 40.9 Å². The van der Waals surface area contributed by atoms with Crippen molar-refractivity contribution in [2.24, 2.45) is 29.6 Å². The molecule has 6 heteroatoms. The average molecular weight is 396 g/mol. The molecule has 2 bridgehead atoms. The lowest BCUT2D eigenvalue weighted by Crippen LogP contribution is -2.39. The number of nitrogens with zero attached hydrogens (tertiary/aromatic N) is 1. The Morgan fingerprint density at radius 2 is 1.86 bits per heavy atom. The fourth-order valence-electron chi connectivity index (χ4n) is 5.23. The molecule has 0 aromatic heterocycles. The summed E-state index contributed by atoms with van der Waals surface area (Å²) < 4.78 is 0. The first kappa shape index (κ1) is 19.7. The zero-order valence-corrected chi connectivity index (χ0v) is 16.9. The maximum atomic E-state index is 12.9. The molecule has 4 rings (SSSR count). The molecular formula is C23H28N2O4. The number of amides is 2. The number of aryl methyl sites for hydroxylation is 1. The summed E-state index contributed by atoms with van der Waals surface area (Å²) in [6.07, 6.45) is 6.82. The first-order chi connectivity index (χ1) is 13.8. The van der Waals surface area contributed by atoms with Crippen LogP contribution in [0.5, 0.6) is 0 Å². The zero-order chi connectivity index (χ0) is 20.7. The van der Waals surface area contributed by atoms with Crippen LogP contribution in [0.2, 0.25) is 0 Å². The molecule has 5 atom stereocenters. The summed E-state index contributed by atoms with van der Waals surface area (Å²) in [7, 11) is 0. The summed E-state index contributed by atoms with van der Waals surface area (Å²) in [6.45, 7) is 5.60. The summed E-state index contributed by atoms with van der Waals surface area (Å²) in [6, 6.07) is 5.32. The zero-order valence-electron chi connectivity index (χ0n) is 16.9. The standard InChI is InChI=1S/C23H28N2O4/c1-13-4-3-9-25(12-13)22(27)17-7-8-18(14(2)10-17)24-21(26)19-15-5-6-16(11-15)20(19)23(28)29/h5-8,10,13,15-16,19-20H,3-4,9,11-12H2,1-2H3,(H,24,26)(H,28,29). The van der Waals surface area contributed by atoms with Gasteiger partial charge in [0.2, 0.25) is 5.91 Å². The Labute approximate surface area is 171 Å². The highest BCUT2D eigenvalue weighted by atomic mass is 16.4. The summed E-state index contributed by atoms with van der Waals surface area (Å²) in [4.78, 5) is 39.3. The lowest BCUT2D eigenvalue weighted by atomic mass is 9.82. The Kier molecular flexibility index (Phi) is 5.19. The Balaban J connectivity index is 1.47. The summed E-state index contributed by atoms with van der Waals surface area (Å²) in [5.74, 6) is -1.88. The topological polar surface area (TPSA) is 86.7 Å². The molecule has 0 radical (unpaired) electrons. The van der Waals surface area contributed by atoms with Crippen molar-refractivity contribution in [2.75, 3.05) is 18.4 Å². The minimum absolute atomic E-state index is 0.0108. The van der Waals surface area contributed by atoms with E-state index in [9.17, 15) is 19.5 Å². The number of nitrogens with one attached hydrogen (secondary N) is 1. The average Bonchev–Trinajstić information content (AvgIpc) is 3.30. The van der Waals surface area contributed by atoms with E-state index in [4.69, 9.17) is 0 Å².